The maximum absolute atomic E-state index is 12.2. The van der Waals surface area contributed by atoms with E-state index in [-0.39, 0.29) is 11.5 Å². The Labute approximate surface area is 118 Å². The van der Waals surface area contributed by atoms with Gasteiger partial charge in [-0.05, 0) is 24.3 Å². The monoisotopic (exact) mass is 282 g/mol. The van der Waals surface area contributed by atoms with Crippen molar-refractivity contribution in [2.24, 2.45) is 0 Å². The lowest BCUT2D eigenvalue weighted by Crippen LogP contribution is -2.14. The average Bonchev–Trinajstić information content (AvgIpc) is 2.91. The molecule has 0 aliphatic heterocycles. The van der Waals surface area contributed by atoms with E-state index in [4.69, 9.17) is 5.11 Å². The standard InChI is InChI=1S/C14H10N4O3/c19-13(9-8-15-18-7-2-1-5-11(9)18)17-12-6-3-4-10(16-12)14(20)21/h1-8H,(H,20,21)(H,16,17,19). The maximum Gasteiger partial charge on any atom is 0.354 e. The number of hydrogen-bond donors (Lipinski definition) is 2. The number of carbonyl (C=O) groups excluding carboxylic acids is 1. The fraction of sp³-hybridized carbons (Fsp3) is 0. The molecule has 21 heavy (non-hydrogen) atoms. The number of pyridine rings is 2. The number of anilines is 1. The first-order chi connectivity index (χ1) is 10.1. The zero-order chi connectivity index (χ0) is 14.8. The van der Waals surface area contributed by atoms with Crippen molar-refractivity contribution in [2.75, 3.05) is 5.32 Å². The Morgan fingerprint density at radius 1 is 1.14 bits per heavy atom. The van der Waals surface area contributed by atoms with Crippen molar-refractivity contribution in [3.63, 3.8) is 0 Å². The smallest absolute Gasteiger partial charge is 0.354 e. The summed E-state index contributed by atoms with van der Waals surface area (Å²) in [6, 6.07) is 9.77. The highest BCUT2D eigenvalue weighted by atomic mass is 16.4. The van der Waals surface area contributed by atoms with Gasteiger partial charge in [-0.15, -0.1) is 0 Å². The van der Waals surface area contributed by atoms with Crippen LogP contribution in [-0.2, 0) is 0 Å². The van der Waals surface area contributed by atoms with Crippen LogP contribution >= 0.6 is 0 Å². The van der Waals surface area contributed by atoms with Gasteiger partial charge in [0.1, 0.15) is 5.82 Å². The van der Waals surface area contributed by atoms with Crippen molar-refractivity contribution in [3.8, 4) is 0 Å². The first-order valence-electron chi connectivity index (χ1n) is 6.09. The number of nitrogens with one attached hydrogen (secondary N) is 1. The number of aromatic carboxylic acids is 1. The third-order valence-electron chi connectivity index (χ3n) is 2.88. The number of carboxylic acid groups (broad SMARTS) is 1. The molecule has 2 N–H and O–H groups in total. The number of nitrogens with zero attached hydrogens (tertiary/aromatic N) is 3. The predicted molar refractivity (Wildman–Crippen MR) is 74.3 cm³/mol. The van der Waals surface area contributed by atoms with Crippen LogP contribution in [0.1, 0.15) is 20.8 Å². The molecule has 0 aromatic carbocycles. The average molecular weight is 282 g/mol. The number of amides is 1. The van der Waals surface area contributed by atoms with E-state index < -0.39 is 11.9 Å². The summed E-state index contributed by atoms with van der Waals surface area (Å²) in [5.41, 5.74) is 0.912. The second kappa shape index (κ2) is 5.04. The van der Waals surface area contributed by atoms with E-state index in [0.717, 1.165) is 0 Å². The fourth-order valence-electron chi connectivity index (χ4n) is 1.92. The van der Waals surface area contributed by atoms with Crippen LogP contribution in [0.15, 0.2) is 48.8 Å². The molecule has 0 spiro atoms. The van der Waals surface area contributed by atoms with Gasteiger partial charge in [0.25, 0.3) is 5.91 Å². The molecular formula is C14H10N4O3. The maximum atomic E-state index is 12.2. The van der Waals surface area contributed by atoms with Gasteiger partial charge < -0.3 is 10.4 Å². The normalized spacial score (nSPS) is 10.5. The number of carboxylic acids is 1. The Kier molecular flexibility index (Phi) is 3.07. The Bertz CT molecular complexity index is 841. The number of fused-ring (bicyclic) bond motifs is 1. The van der Waals surface area contributed by atoms with Gasteiger partial charge in [0.15, 0.2) is 5.69 Å². The molecule has 3 aromatic heterocycles. The number of hydrogen-bond acceptors (Lipinski definition) is 4. The molecule has 0 saturated heterocycles. The summed E-state index contributed by atoms with van der Waals surface area (Å²) >= 11 is 0. The summed E-state index contributed by atoms with van der Waals surface area (Å²) in [7, 11) is 0. The summed E-state index contributed by atoms with van der Waals surface area (Å²) in [5.74, 6) is -1.37. The minimum Gasteiger partial charge on any atom is -0.477 e. The lowest BCUT2D eigenvalue weighted by Gasteiger charge is -2.04. The van der Waals surface area contributed by atoms with Crippen molar-refractivity contribution in [3.05, 3.63) is 60.0 Å². The fourth-order valence-corrected chi connectivity index (χ4v) is 1.92. The molecule has 3 aromatic rings. The first kappa shape index (κ1) is 12.8. The Morgan fingerprint density at radius 3 is 2.81 bits per heavy atom. The summed E-state index contributed by atoms with van der Waals surface area (Å²) in [6.45, 7) is 0. The molecule has 0 aliphatic carbocycles. The van der Waals surface area contributed by atoms with Crippen LogP contribution in [0.5, 0.6) is 0 Å². The van der Waals surface area contributed by atoms with Crippen LogP contribution in [0.2, 0.25) is 0 Å². The Hall–Kier alpha value is -3.22. The quantitative estimate of drug-likeness (QED) is 0.761. The third-order valence-corrected chi connectivity index (χ3v) is 2.88. The van der Waals surface area contributed by atoms with Gasteiger partial charge in [-0.25, -0.2) is 14.3 Å². The summed E-state index contributed by atoms with van der Waals surface area (Å²) in [5, 5.41) is 15.5. The van der Waals surface area contributed by atoms with Crippen LogP contribution in [0.3, 0.4) is 0 Å². The van der Waals surface area contributed by atoms with E-state index >= 15 is 0 Å². The van der Waals surface area contributed by atoms with Crippen molar-refractivity contribution < 1.29 is 14.7 Å². The van der Waals surface area contributed by atoms with E-state index in [9.17, 15) is 9.59 Å². The van der Waals surface area contributed by atoms with Crippen LogP contribution < -0.4 is 5.32 Å². The second-order valence-electron chi connectivity index (χ2n) is 4.26. The highest BCUT2D eigenvalue weighted by Crippen LogP contribution is 2.13. The van der Waals surface area contributed by atoms with E-state index in [1.807, 2.05) is 0 Å². The Balaban J connectivity index is 1.90. The van der Waals surface area contributed by atoms with Crippen molar-refractivity contribution in [1.82, 2.24) is 14.6 Å². The van der Waals surface area contributed by atoms with Gasteiger partial charge in [-0.2, -0.15) is 5.10 Å². The van der Waals surface area contributed by atoms with Crippen LogP contribution in [0.25, 0.3) is 5.52 Å². The van der Waals surface area contributed by atoms with E-state index in [1.165, 1.54) is 24.4 Å². The first-order valence-corrected chi connectivity index (χ1v) is 6.09. The van der Waals surface area contributed by atoms with E-state index in [2.05, 4.69) is 15.4 Å². The molecule has 1 amide bonds. The molecule has 3 heterocycles. The molecule has 7 heteroatoms. The molecule has 0 aliphatic rings. The molecule has 0 saturated carbocycles. The van der Waals surface area contributed by atoms with Crippen molar-refractivity contribution in [1.29, 1.82) is 0 Å². The van der Waals surface area contributed by atoms with Crippen LogP contribution in [0, 0.1) is 0 Å². The van der Waals surface area contributed by atoms with Crippen LogP contribution in [0.4, 0.5) is 5.82 Å². The summed E-state index contributed by atoms with van der Waals surface area (Å²) in [6.07, 6.45) is 3.18. The van der Waals surface area contributed by atoms with Gasteiger partial charge >= 0.3 is 5.97 Å². The third kappa shape index (κ3) is 2.44. The van der Waals surface area contributed by atoms with E-state index in [0.29, 0.717) is 11.1 Å². The largest absolute Gasteiger partial charge is 0.477 e. The highest BCUT2D eigenvalue weighted by Gasteiger charge is 2.13. The lowest BCUT2D eigenvalue weighted by molar-refractivity contribution is 0.0690. The van der Waals surface area contributed by atoms with Gasteiger partial charge in [-0.3, -0.25) is 4.79 Å². The number of rotatable bonds is 3. The molecule has 104 valence electrons. The SMILES string of the molecule is O=C(O)c1cccc(NC(=O)c2cnn3ccccc23)n1. The Morgan fingerprint density at radius 2 is 2.00 bits per heavy atom. The summed E-state index contributed by atoms with van der Waals surface area (Å²) in [4.78, 5) is 26.9. The zero-order valence-corrected chi connectivity index (χ0v) is 10.7. The van der Waals surface area contributed by atoms with Crippen molar-refractivity contribution in [2.45, 2.75) is 0 Å². The van der Waals surface area contributed by atoms with Gasteiger partial charge in [0.2, 0.25) is 0 Å². The zero-order valence-electron chi connectivity index (χ0n) is 10.7. The predicted octanol–water partition coefficient (Wildman–Crippen LogP) is 1.68. The number of carbonyl (C=O) groups is 2. The topological polar surface area (TPSA) is 96.6 Å². The second-order valence-corrected chi connectivity index (χ2v) is 4.26. The molecule has 7 nitrogen and oxygen atoms in total. The number of aromatic nitrogens is 3. The molecule has 0 unspecified atom stereocenters. The summed E-state index contributed by atoms with van der Waals surface area (Å²) < 4.78 is 1.58. The molecule has 0 atom stereocenters. The minimum atomic E-state index is -1.15. The lowest BCUT2D eigenvalue weighted by atomic mass is 10.2. The van der Waals surface area contributed by atoms with Gasteiger partial charge in [0, 0.05) is 6.20 Å². The minimum absolute atomic E-state index is 0.132. The van der Waals surface area contributed by atoms with E-state index in [1.54, 1.807) is 28.9 Å². The highest BCUT2D eigenvalue weighted by molar-refractivity contribution is 6.08. The molecular weight excluding hydrogens is 272 g/mol. The molecule has 0 radical (unpaired) electrons. The van der Waals surface area contributed by atoms with Gasteiger partial charge in [-0.1, -0.05) is 12.1 Å². The molecule has 0 fully saturated rings. The molecule has 3 rings (SSSR count). The molecule has 0 bridgehead atoms. The van der Waals surface area contributed by atoms with Crippen molar-refractivity contribution >= 4 is 23.2 Å². The van der Waals surface area contributed by atoms with Crippen LogP contribution in [-0.4, -0.2) is 31.6 Å². The van der Waals surface area contributed by atoms with Gasteiger partial charge in [0.05, 0.1) is 17.3 Å².